The molecule has 0 saturated carbocycles. The third kappa shape index (κ3) is 4.72. The Labute approximate surface area is 177 Å². The van der Waals surface area contributed by atoms with Crippen molar-refractivity contribution in [1.29, 1.82) is 5.26 Å². The minimum Gasteiger partial charge on any atom is -0.490 e. The third-order valence-corrected chi connectivity index (χ3v) is 5.24. The van der Waals surface area contributed by atoms with Crippen molar-refractivity contribution in [2.24, 2.45) is 0 Å². The number of nitriles is 1. The molecule has 3 rings (SSSR count). The average molecular weight is 456 g/mol. The number of carbonyl (C=O) groups excluding carboxylic acids is 1. The van der Waals surface area contributed by atoms with Crippen molar-refractivity contribution in [2.75, 3.05) is 13.2 Å². The summed E-state index contributed by atoms with van der Waals surface area (Å²) in [6.45, 7) is 6.64. The molecule has 0 aliphatic heterocycles. The summed E-state index contributed by atoms with van der Waals surface area (Å²) in [5.41, 5.74) is 4.91. The zero-order valence-electron chi connectivity index (χ0n) is 16.6. The fourth-order valence-electron chi connectivity index (χ4n) is 3.04. The van der Waals surface area contributed by atoms with Gasteiger partial charge in [0.15, 0.2) is 18.1 Å². The second-order valence-electron chi connectivity index (χ2n) is 6.65. The van der Waals surface area contributed by atoms with E-state index < -0.39 is 0 Å². The number of amides is 1. The maximum absolute atomic E-state index is 12.3. The SMILES string of the molecule is CCOc1cc(C#N)cc(Br)c1OCC(=O)NCc1ccc2[nH]c(C)c(C)c2c1. The molecule has 0 fully saturated rings. The highest BCUT2D eigenvalue weighted by molar-refractivity contribution is 9.10. The van der Waals surface area contributed by atoms with E-state index in [2.05, 4.69) is 45.3 Å². The second kappa shape index (κ2) is 9.01. The minimum atomic E-state index is -0.245. The molecule has 150 valence electrons. The lowest BCUT2D eigenvalue weighted by Crippen LogP contribution is -2.28. The van der Waals surface area contributed by atoms with Crippen LogP contribution in [-0.4, -0.2) is 24.1 Å². The first kappa shape index (κ1) is 20.7. The Morgan fingerprint density at radius 2 is 2.03 bits per heavy atom. The molecule has 0 aliphatic carbocycles. The van der Waals surface area contributed by atoms with Crippen molar-refractivity contribution in [3.63, 3.8) is 0 Å². The van der Waals surface area contributed by atoms with E-state index in [1.165, 1.54) is 5.56 Å². The molecule has 0 saturated heterocycles. The number of nitrogens with one attached hydrogen (secondary N) is 2. The summed E-state index contributed by atoms with van der Waals surface area (Å²) in [6.07, 6.45) is 0. The van der Waals surface area contributed by atoms with E-state index in [4.69, 9.17) is 14.7 Å². The van der Waals surface area contributed by atoms with Crippen molar-refractivity contribution in [2.45, 2.75) is 27.3 Å². The zero-order valence-corrected chi connectivity index (χ0v) is 18.1. The number of hydrogen-bond acceptors (Lipinski definition) is 4. The quantitative estimate of drug-likeness (QED) is 0.548. The number of aromatic nitrogens is 1. The molecule has 0 radical (unpaired) electrons. The van der Waals surface area contributed by atoms with Crippen molar-refractivity contribution < 1.29 is 14.3 Å². The van der Waals surface area contributed by atoms with E-state index in [1.807, 2.05) is 26.0 Å². The Hall–Kier alpha value is -2.98. The van der Waals surface area contributed by atoms with Crippen LogP contribution >= 0.6 is 15.9 Å². The molecule has 0 bridgehead atoms. The van der Waals surface area contributed by atoms with Gasteiger partial charge < -0.3 is 19.8 Å². The van der Waals surface area contributed by atoms with Gasteiger partial charge in [0.25, 0.3) is 5.91 Å². The summed E-state index contributed by atoms with van der Waals surface area (Å²) >= 11 is 3.38. The Morgan fingerprint density at radius 3 is 2.76 bits per heavy atom. The van der Waals surface area contributed by atoms with Crippen molar-refractivity contribution in [3.05, 3.63) is 57.2 Å². The molecule has 1 aromatic heterocycles. The van der Waals surface area contributed by atoms with E-state index in [-0.39, 0.29) is 12.5 Å². The summed E-state index contributed by atoms with van der Waals surface area (Å²) in [5, 5.41) is 13.1. The van der Waals surface area contributed by atoms with Gasteiger partial charge in [0.2, 0.25) is 0 Å². The highest BCUT2D eigenvalue weighted by Crippen LogP contribution is 2.36. The normalized spacial score (nSPS) is 10.6. The number of hydrogen-bond donors (Lipinski definition) is 2. The lowest BCUT2D eigenvalue weighted by atomic mass is 10.1. The number of H-pyrrole nitrogens is 1. The molecule has 0 atom stereocenters. The fraction of sp³-hybridized carbons (Fsp3) is 0.273. The molecule has 6 nitrogen and oxygen atoms in total. The molecule has 1 amide bonds. The smallest absolute Gasteiger partial charge is 0.258 e. The molecular weight excluding hydrogens is 434 g/mol. The first-order valence-corrected chi connectivity index (χ1v) is 10.1. The predicted molar refractivity (Wildman–Crippen MR) is 115 cm³/mol. The van der Waals surface area contributed by atoms with Crippen LogP contribution in [0.15, 0.2) is 34.8 Å². The van der Waals surface area contributed by atoms with Crippen LogP contribution in [0.2, 0.25) is 0 Å². The topological polar surface area (TPSA) is 87.1 Å². The molecule has 2 N–H and O–H groups in total. The molecule has 1 heterocycles. The largest absolute Gasteiger partial charge is 0.490 e. The Balaban J connectivity index is 1.63. The van der Waals surface area contributed by atoms with Crippen LogP contribution in [0, 0.1) is 25.2 Å². The number of carbonyl (C=O) groups is 1. The standard InChI is InChI=1S/C22H22BrN3O3/c1-4-28-20-9-16(10-24)8-18(23)22(20)29-12-21(27)25-11-15-5-6-19-17(7-15)13(2)14(3)26-19/h5-9,26H,4,11-12H2,1-3H3,(H,25,27). The molecule has 29 heavy (non-hydrogen) atoms. The number of aryl methyl sites for hydroxylation is 2. The molecular formula is C22H22BrN3O3. The predicted octanol–water partition coefficient (Wildman–Crippen LogP) is 4.51. The Kier molecular flexibility index (Phi) is 6.45. The molecule has 2 aromatic carbocycles. The van der Waals surface area contributed by atoms with Crippen LogP contribution in [0.1, 0.15) is 29.3 Å². The highest BCUT2D eigenvalue weighted by Gasteiger charge is 2.14. The van der Waals surface area contributed by atoms with Crippen molar-refractivity contribution in [3.8, 4) is 17.6 Å². The van der Waals surface area contributed by atoms with Gasteiger partial charge in [-0.25, -0.2) is 0 Å². The van der Waals surface area contributed by atoms with E-state index in [1.54, 1.807) is 12.1 Å². The van der Waals surface area contributed by atoms with Gasteiger partial charge in [0, 0.05) is 29.2 Å². The number of rotatable bonds is 7. The summed E-state index contributed by atoms with van der Waals surface area (Å²) in [4.78, 5) is 15.6. The number of aromatic amines is 1. The van der Waals surface area contributed by atoms with Gasteiger partial charge in [0.1, 0.15) is 0 Å². The Bertz CT molecular complexity index is 1100. The number of ether oxygens (including phenoxy) is 2. The van der Waals surface area contributed by atoms with Crippen LogP contribution in [0.5, 0.6) is 11.5 Å². The van der Waals surface area contributed by atoms with Gasteiger partial charge in [-0.2, -0.15) is 5.26 Å². The Morgan fingerprint density at radius 1 is 1.24 bits per heavy atom. The molecule has 0 spiro atoms. The number of benzene rings is 2. The molecule has 3 aromatic rings. The van der Waals surface area contributed by atoms with Crippen molar-refractivity contribution in [1.82, 2.24) is 10.3 Å². The first-order valence-electron chi connectivity index (χ1n) is 9.26. The van der Waals surface area contributed by atoms with E-state index >= 15 is 0 Å². The van der Waals surface area contributed by atoms with Crippen LogP contribution in [0.3, 0.4) is 0 Å². The van der Waals surface area contributed by atoms with Gasteiger partial charge in [-0.15, -0.1) is 0 Å². The van der Waals surface area contributed by atoms with Gasteiger partial charge in [-0.1, -0.05) is 6.07 Å². The van der Waals surface area contributed by atoms with Crippen LogP contribution < -0.4 is 14.8 Å². The number of halogens is 1. The van der Waals surface area contributed by atoms with E-state index in [9.17, 15) is 4.79 Å². The van der Waals surface area contributed by atoms with Gasteiger partial charge in [0.05, 0.1) is 22.7 Å². The van der Waals surface area contributed by atoms with E-state index in [0.717, 1.165) is 22.2 Å². The maximum Gasteiger partial charge on any atom is 0.258 e. The summed E-state index contributed by atoms with van der Waals surface area (Å²) in [7, 11) is 0. The lowest BCUT2D eigenvalue weighted by Gasteiger charge is -2.14. The van der Waals surface area contributed by atoms with Crippen LogP contribution in [-0.2, 0) is 11.3 Å². The zero-order chi connectivity index (χ0) is 21.0. The summed E-state index contributed by atoms with van der Waals surface area (Å²) in [6, 6.07) is 11.4. The number of fused-ring (bicyclic) bond motifs is 1. The maximum atomic E-state index is 12.3. The second-order valence-corrected chi connectivity index (χ2v) is 7.50. The van der Waals surface area contributed by atoms with Crippen LogP contribution in [0.25, 0.3) is 10.9 Å². The first-order chi connectivity index (χ1) is 13.9. The molecule has 0 aliphatic rings. The number of nitrogens with zero attached hydrogens (tertiary/aromatic N) is 1. The third-order valence-electron chi connectivity index (χ3n) is 4.65. The molecule has 7 heteroatoms. The lowest BCUT2D eigenvalue weighted by molar-refractivity contribution is -0.123. The van der Waals surface area contributed by atoms with Crippen molar-refractivity contribution >= 4 is 32.7 Å². The fourth-order valence-corrected chi connectivity index (χ4v) is 3.60. The van der Waals surface area contributed by atoms with Crippen LogP contribution in [0.4, 0.5) is 0 Å². The van der Waals surface area contributed by atoms with Gasteiger partial charge >= 0.3 is 0 Å². The highest BCUT2D eigenvalue weighted by atomic mass is 79.9. The van der Waals surface area contributed by atoms with E-state index in [0.29, 0.717) is 34.7 Å². The summed E-state index contributed by atoms with van der Waals surface area (Å²) in [5.74, 6) is 0.585. The monoisotopic (exact) mass is 455 g/mol. The average Bonchev–Trinajstić information content (AvgIpc) is 2.99. The van der Waals surface area contributed by atoms with Gasteiger partial charge in [-0.05, 0) is 66.0 Å². The molecule has 0 unspecified atom stereocenters. The minimum absolute atomic E-state index is 0.158. The van der Waals surface area contributed by atoms with Gasteiger partial charge in [-0.3, -0.25) is 4.79 Å². The summed E-state index contributed by atoms with van der Waals surface area (Å²) < 4.78 is 11.8.